The second kappa shape index (κ2) is 9.28. The van der Waals surface area contributed by atoms with Crippen LogP contribution in [-0.4, -0.2) is 28.2 Å². The maximum Gasteiger partial charge on any atom is 0.585 e. The number of carbonyl (C=O) groups excluding carboxylic acids is 2. The Hall–Kier alpha value is -1.27. The van der Waals surface area contributed by atoms with Gasteiger partial charge in [0.1, 0.15) is 0 Å². The summed E-state index contributed by atoms with van der Waals surface area (Å²) in [5, 5.41) is -0.222. The molecule has 0 radical (unpaired) electrons. The largest absolute Gasteiger partial charge is 0.585 e. The summed E-state index contributed by atoms with van der Waals surface area (Å²) in [5.41, 5.74) is -0.210. The molecule has 0 aliphatic heterocycles. The number of benzene rings is 2. The van der Waals surface area contributed by atoms with Gasteiger partial charge in [-0.1, -0.05) is 35.3 Å². The SMILES string of the molecule is O=C(CCl)c1cccc(Cl)c1OP(=O)(O)Oc1c(Cl)cccc1C(=O)CCl. The van der Waals surface area contributed by atoms with E-state index in [2.05, 4.69) is 0 Å². The monoisotopic (exact) mass is 470 g/mol. The first-order valence-electron chi connectivity index (χ1n) is 7.17. The maximum atomic E-state index is 12.5. The topological polar surface area (TPSA) is 89.9 Å². The van der Waals surface area contributed by atoms with Gasteiger partial charge in [-0.05, 0) is 24.3 Å². The number of phosphoric acid groups is 1. The average Bonchev–Trinajstić information content (AvgIpc) is 2.63. The van der Waals surface area contributed by atoms with Crippen LogP contribution < -0.4 is 9.05 Å². The van der Waals surface area contributed by atoms with Crippen LogP contribution >= 0.6 is 54.2 Å². The van der Waals surface area contributed by atoms with E-state index in [0.29, 0.717) is 0 Å². The summed E-state index contributed by atoms with van der Waals surface area (Å²) in [7, 11) is -4.90. The molecule has 6 nitrogen and oxygen atoms in total. The number of carbonyl (C=O) groups is 2. The van der Waals surface area contributed by atoms with Gasteiger partial charge in [0.25, 0.3) is 0 Å². The number of halogens is 4. The molecule has 2 aromatic carbocycles. The number of rotatable bonds is 8. The standard InChI is InChI=1S/C16H11Cl4O6P/c17-7-13(21)9-3-1-5-11(19)15(9)25-27(23,24)26-16-10(14(22)8-18)4-2-6-12(16)20/h1-6H,7-8H2,(H,23,24). The van der Waals surface area contributed by atoms with Crippen LogP contribution in [0.1, 0.15) is 20.7 Å². The molecule has 2 rings (SSSR count). The molecule has 0 aliphatic rings. The van der Waals surface area contributed by atoms with E-state index >= 15 is 0 Å². The second-order valence-electron chi connectivity index (χ2n) is 5.00. The first-order chi connectivity index (χ1) is 12.7. The van der Waals surface area contributed by atoms with Crippen molar-refractivity contribution in [1.29, 1.82) is 0 Å². The van der Waals surface area contributed by atoms with Crippen molar-refractivity contribution in [3.8, 4) is 11.5 Å². The molecular formula is C16H11Cl4O6P. The normalized spacial score (nSPS) is 11.1. The number of alkyl halides is 2. The highest BCUT2D eigenvalue weighted by Gasteiger charge is 2.31. The van der Waals surface area contributed by atoms with E-state index in [1.807, 2.05) is 0 Å². The quantitative estimate of drug-likeness (QED) is 0.315. The molecule has 2 aromatic rings. The van der Waals surface area contributed by atoms with Crippen molar-refractivity contribution in [2.75, 3.05) is 11.8 Å². The number of ketones is 2. The van der Waals surface area contributed by atoms with Gasteiger partial charge in [-0.2, -0.15) is 0 Å². The number of para-hydroxylation sites is 2. The van der Waals surface area contributed by atoms with Crippen LogP contribution in [0.4, 0.5) is 0 Å². The number of Topliss-reactive ketones (excluding diaryl/α,β-unsaturated/α-hetero) is 2. The average molecular weight is 472 g/mol. The molecule has 144 valence electrons. The molecule has 0 heterocycles. The molecule has 27 heavy (non-hydrogen) atoms. The third kappa shape index (κ3) is 5.38. The molecule has 0 aromatic heterocycles. The molecule has 0 atom stereocenters. The predicted octanol–water partition coefficient (Wildman–Crippen LogP) is 5.39. The van der Waals surface area contributed by atoms with Gasteiger partial charge in [-0.15, -0.1) is 23.2 Å². The summed E-state index contributed by atoms with van der Waals surface area (Å²) in [6.07, 6.45) is 0. The van der Waals surface area contributed by atoms with Crippen molar-refractivity contribution in [3.63, 3.8) is 0 Å². The molecule has 0 saturated carbocycles. The van der Waals surface area contributed by atoms with Crippen molar-refractivity contribution in [1.82, 2.24) is 0 Å². The van der Waals surface area contributed by atoms with Crippen LogP contribution in [0.15, 0.2) is 36.4 Å². The lowest BCUT2D eigenvalue weighted by Gasteiger charge is -2.18. The van der Waals surface area contributed by atoms with E-state index in [1.54, 1.807) is 0 Å². The Bertz CT molecular complexity index is 862. The molecule has 0 amide bonds. The van der Waals surface area contributed by atoms with E-state index in [0.717, 1.165) is 0 Å². The van der Waals surface area contributed by atoms with E-state index < -0.39 is 31.1 Å². The van der Waals surface area contributed by atoms with Gasteiger partial charge < -0.3 is 9.05 Å². The van der Waals surface area contributed by atoms with Gasteiger partial charge >= 0.3 is 7.82 Å². The minimum atomic E-state index is -4.90. The van der Waals surface area contributed by atoms with Gasteiger partial charge in [-0.3, -0.25) is 14.5 Å². The molecule has 0 unspecified atom stereocenters. The van der Waals surface area contributed by atoms with Gasteiger partial charge in [0, 0.05) is 0 Å². The van der Waals surface area contributed by atoms with Crippen LogP contribution in [0.2, 0.25) is 10.0 Å². The minimum absolute atomic E-state index is 0.105. The summed E-state index contributed by atoms with van der Waals surface area (Å²) >= 11 is 23.0. The van der Waals surface area contributed by atoms with Crippen LogP contribution in [0.3, 0.4) is 0 Å². The molecule has 11 heteroatoms. The molecule has 0 fully saturated rings. The molecular weight excluding hydrogens is 461 g/mol. The van der Waals surface area contributed by atoms with Gasteiger partial charge in [-0.25, -0.2) is 4.57 Å². The molecule has 0 aliphatic carbocycles. The van der Waals surface area contributed by atoms with Crippen LogP contribution in [-0.2, 0) is 4.57 Å². The predicted molar refractivity (Wildman–Crippen MR) is 104 cm³/mol. The van der Waals surface area contributed by atoms with E-state index in [-0.39, 0.29) is 32.7 Å². The van der Waals surface area contributed by atoms with E-state index in [1.165, 1.54) is 36.4 Å². The fraction of sp³-hybridized carbons (Fsp3) is 0.125. The first-order valence-corrected chi connectivity index (χ1v) is 10.5. The lowest BCUT2D eigenvalue weighted by atomic mass is 10.1. The van der Waals surface area contributed by atoms with Crippen molar-refractivity contribution >= 4 is 65.8 Å². The summed E-state index contributed by atoms with van der Waals surface area (Å²) < 4.78 is 22.5. The number of phosphoric ester groups is 1. The Kier molecular flexibility index (Phi) is 7.57. The molecule has 0 spiro atoms. The van der Waals surface area contributed by atoms with E-state index in [9.17, 15) is 19.0 Å². The smallest absolute Gasteiger partial charge is 0.393 e. The van der Waals surface area contributed by atoms with Crippen LogP contribution in [0, 0.1) is 0 Å². The lowest BCUT2D eigenvalue weighted by molar-refractivity contribution is 0.101. The Morgan fingerprint density at radius 3 is 1.56 bits per heavy atom. The summed E-state index contributed by atoms with van der Waals surface area (Å²) in [5.74, 6) is -2.71. The number of hydrogen-bond donors (Lipinski definition) is 1. The van der Waals surface area contributed by atoms with Crippen molar-refractivity contribution in [2.45, 2.75) is 0 Å². The summed E-state index contributed by atoms with van der Waals surface area (Å²) in [6, 6.07) is 8.24. The summed E-state index contributed by atoms with van der Waals surface area (Å²) in [6.45, 7) is 0. The molecule has 0 saturated heterocycles. The Morgan fingerprint density at radius 2 is 1.22 bits per heavy atom. The summed E-state index contributed by atoms with van der Waals surface area (Å²) in [4.78, 5) is 33.9. The Balaban J connectivity index is 2.42. The molecule has 0 bridgehead atoms. The van der Waals surface area contributed by atoms with Crippen molar-refractivity contribution in [3.05, 3.63) is 57.6 Å². The third-order valence-electron chi connectivity index (χ3n) is 3.19. The van der Waals surface area contributed by atoms with Gasteiger partial charge in [0.2, 0.25) is 0 Å². The highest BCUT2D eigenvalue weighted by atomic mass is 35.5. The van der Waals surface area contributed by atoms with Crippen LogP contribution in [0.5, 0.6) is 11.5 Å². The van der Waals surface area contributed by atoms with E-state index in [4.69, 9.17) is 55.5 Å². The zero-order chi connectivity index (χ0) is 20.2. The van der Waals surface area contributed by atoms with Crippen LogP contribution in [0.25, 0.3) is 0 Å². The first kappa shape index (κ1) is 22.0. The highest BCUT2D eigenvalue weighted by molar-refractivity contribution is 7.48. The van der Waals surface area contributed by atoms with Crippen molar-refractivity contribution in [2.24, 2.45) is 0 Å². The van der Waals surface area contributed by atoms with Crippen molar-refractivity contribution < 1.29 is 28.1 Å². The fourth-order valence-electron chi connectivity index (χ4n) is 2.04. The zero-order valence-corrected chi connectivity index (χ0v) is 17.2. The lowest BCUT2D eigenvalue weighted by Crippen LogP contribution is -2.09. The maximum absolute atomic E-state index is 12.5. The third-order valence-corrected chi connectivity index (χ3v) is 5.10. The second-order valence-corrected chi connectivity index (χ2v) is 7.65. The molecule has 1 N–H and O–H groups in total. The fourth-order valence-corrected chi connectivity index (χ4v) is 3.75. The van der Waals surface area contributed by atoms with Gasteiger partial charge in [0.15, 0.2) is 23.1 Å². The Morgan fingerprint density at radius 1 is 0.852 bits per heavy atom. The number of hydrogen-bond acceptors (Lipinski definition) is 5. The van der Waals surface area contributed by atoms with Gasteiger partial charge in [0.05, 0.1) is 32.9 Å². The Labute approximate surface area is 174 Å². The zero-order valence-electron chi connectivity index (χ0n) is 13.3. The minimum Gasteiger partial charge on any atom is -0.393 e. The highest BCUT2D eigenvalue weighted by Crippen LogP contribution is 2.49.